The molecule has 0 fully saturated rings. The molecular weight excluding hydrogens is 901 g/mol. The van der Waals surface area contributed by atoms with Gasteiger partial charge < -0.3 is 14.2 Å². The van der Waals surface area contributed by atoms with Crippen LogP contribution >= 0.6 is 0 Å². The van der Waals surface area contributed by atoms with Crippen LogP contribution in [0.4, 0.5) is 0 Å². The molecule has 0 aliphatic carbocycles. The Kier molecular flexibility index (Phi) is 56.9. The topological polar surface area (TPSA) is 78.9 Å². The van der Waals surface area contributed by atoms with Crippen LogP contribution in [0, 0.1) is 0 Å². The van der Waals surface area contributed by atoms with Crippen LogP contribution in [-0.4, -0.2) is 37.2 Å². The Labute approximate surface area is 450 Å². The molecule has 0 rings (SSSR count). The van der Waals surface area contributed by atoms with Gasteiger partial charge in [0.2, 0.25) is 0 Å². The van der Waals surface area contributed by atoms with E-state index in [1.165, 1.54) is 122 Å². The normalized spacial score (nSPS) is 13.0. The molecule has 6 nitrogen and oxygen atoms in total. The molecule has 6 heteroatoms. The predicted molar refractivity (Wildman–Crippen MR) is 316 cm³/mol. The van der Waals surface area contributed by atoms with Crippen molar-refractivity contribution in [3.8, 4) is 0 Å². The summed E-state index contributed by atoms with van der Waals surface area (Å²) in [5.74, 6) is -1.03. The summed E-state index contributed by atoms with van der Waals surface area (Å²) in [5.41, 5.74) is 0. The second-order valence-corrected chi connectivity index (χ2v) is 19.5. The third-order valence-corrected chi connectivity index (χ3v) is 12.4. The summed E-state index contributed by atoms with van der Waals surface area (Å²) in [5, 5.41) is 0. The maximum atomic E-state index is 12.9. The van der Waals surface area contributed by atoms with Crippen LogP contribution in [-0.2, 0) is 28.6 Å². The average molecular weight is 1010 g/mol. The molecule has 0 aromatic rings. The van der Waals surface area contributed by atoms with E-state index < -0.39 is 6.10 Å². The molecule has 73 heavy (non-hydrogen) atoms. The summed E-state index contributed by atoms with van der Waals surface area (Å²) in [7, 11) is 0. The summed E-state index contributed by atoms with van der Waals surface area (Å²) in [6, 6.07) is 0. The van der Waals surface area contributed by atoms with Gasteiger partial charge in [-0.25, -0.2) is 0 Å². The highest BCUT2D eigenvalue weighted by molar-refractivity contribution is 5.71. The second kappa shape index (κ2) is 60.4. The molecule has 0 spiro atoms. The minimum atomic E-state index is -0.824. The number of hydrogen-bond acceptors (Lipinski definition) is 6. The lowest BCUT2D eigenvalue weighted by molar-refractivity contribution is -0.166. The smallest absolute Gasteiger partial charge is 0.306 e. The van der Waals surface area contributed by atoms with Crippen molar-refractivity contribution >= 4 is 17.9 Å². The molecule has 0 radical (unpaired) electrons. The van der Waals surface area contributed by atoms with Crippen molar-refractivity contribution in [1.29, 1.82) is 0 Å². The Morgan fingerprint density at radius 2 is 0.521 bits per heavy atom. The number of unbranched alkanes of at least 4 members (excludes halogenated alkanes) is 22. The number of carbonyl (C=O) groups excluding carboxylic acids is 3. The van der Waals surface area contributed by atoms with Gasteiger partial charge >= 0.3 is 17.9 Å². The molecule has 0 saturated heterocycles. The van der Waals surface area contributed by atoms with Crippen LogP contribution in [0.2, 0.25) is 0 Å². The molecular formula is C67H110O6. The Morgan fingerprint density at radius 1 is 0.274 bits per heavy atom. The summed E-state index contributed by atoms with van der Waals surface area (Å²) in [6.07, 6.45) is 83.4. The lowest BCUT2D eigenvalue weighted by Gasteiger charge is -2.18. The van der Waals surface area contributed by atoms with Gasteiger partial charge in [-0.3, -0.25) is 14.4 Å². The van der Waals surface area contributed by atoms with Crippen molar-refractivity contribution in [3.05, 3.63) is 122 Å². The van der Waals surface area contributed by atoms with E-state index in [4.69, 9.17) is 14.2 Å². The fourth-order valence-electron chi connectivity index (χ4n) is 7.87. The summed E-state index contributed by atoms with van der Waals surface area (Å²) >= 11 is 0. The van der Waals surface area contributed by atoms with Crippen LogP contribution in [0.3, 0.4) is 0 Å². The van der Waals surface area contributed by atoms with Gasteiger partial charge in [0.05, 0.1) is 0 Å². The molecule has 0 aliphatic heterocycles. The molecule has 0 unspecified atom stereocenters. The van der Waals surface area contributed by atoms with E-state index in [1.54, 1.807) is 0 Å². The fraction of sp³-hybridized carbons (Fsp3) is 0.657. The number of esters is 3. The molecule has 0 aliphatic rings. The van der Waals surface area contributed by atoms with Crippen LogP contribution in [0.1, 0.15) is 265 Å². The van der Waals surface area contributed by atoms with Gasteiger partial charge in [-0.1, -0.05) is 239 Å². The van der Waals surface area contributed by atoms with Gasteiger partial charge in [-0.15, -0.1) is 0 Å². The van der Waals surface area contributed by atoms with Crippen LogP contribution < -0.4 is 0 Å². The van der Waals surface area contributed by atoms with E-state index in [9.17, 15) is 14.4 Å². The van der Waals surface area contributed by atoms with Gasteiger partial charge in [0.25, 0.3) is 0 Å². The summed E-state index contributed by atoms with van der Waals surface area (Å²) < 4.78 is 16.8. The molecule has 1 atom stereocenters. The van der Waals surface area contributed by atoms with Gasteiger partial charge in [-0.2, -0.15) is 0 Å². The Morgan fingerprint density at radius 3 is 0.849 bits per heavy atom. The Bertz CT molecular complexity index is 1540. The van der Waals surface area contributed by atoms with Crippen molar-refractivity contribution in [1.82, 2.24) is 0 Å². The number of rotatable bonds is 53. The zero-order chi connectivity index (χ0) is 52.9. The number of allylic oxidation sites excluding steroid dienone is 20. The second-order valence-electron chi connectivity index (χ2n) is 19.5. The van der Waals surface area contributed by atoms with Crippen LogP contribution in [0.5, 0.6) is 0 Å². The molecule has 0 bridgehead atoms. The van der Waals surface area contributed by atoms with E-state index in [2.05, 4.69) is 136 Å². The van der Waals surface area contributed by atoms with E-state index in [0.29, 0.717) is 19.3 Å². The first-order valence-corrected chi connectivity index (χ1v) is 30.0. The quantitative estimate of drug-likeness (QED) is 0.0261. The summed E-state index contributed by atoms with van der Waals surface area (Å²) in [4.78, 5) is 38.2. The maximum Gasteiger partial charge on any atom is 0.306 e. The number of ether oxygens (including phenoxy) is 3. The minimum absolute atomic E-state index is 0.117. The number of carbonyl (C=O) groups is 3. The van der Waals surface area contributed by atoms with Crippen molar-refractivity contribution in [2.75, 3.05) is 13.2 Å². The summed E-state index contributed by atoms with van der Waals surface area (Å²) in [6.45, 7) is 6.48. The molecule has 0 saturated carbocycles. The van der Waals surface area contributed by atoms with E-state index >= 15 is 0 Å². The average Bonchev–Trinajstić information content (AvgIpc) is 3.39. The highest BCUT2D eigenvalue weighted by Gasteiger charge is 2.19. The van der Waals surface area contributed by atoms with Gasteiger partial charge in [0.15, 0.2) is 6.10 Å². The van der Waals surface area contributed by atoms with E-state index in [1.807, 2.05) is 6.08 Å². The third kappa shape index (κ3) is 58.6. The first-order valence-electron chi connectivity index (χ1n) is 30.0. The SMILES string of the molecule is CCCCC/C=C\C/C=C\C/C=C\C/C=C\C/C=C\CCC(=O)OC[C@H](COC(=O)CCCCCC/C=C\C/C=C\C/C=C\CCCCC)OC(=O)CCCCCCCCCCC/C=C\C/C=C\CCCCC. The monoisotopic (exact) mass is 1010 g/mol. The zero-order valence-electron chi connectivity index (χ0n) is 47.4. The largest absolute Gasteiger partial charge is 0.462 e. The molecule has 0 amide bonds. The molecule has 0 heterocycles. The van der Waals surface area contributed by atoms with Crippen LogP contribution in [0.25, 0.3) is 0 Å². The van der Waals surface area contributed by atoms with Gasteiger partial charge in [0.1, 0.15) is 13.2 Å². The minimum Gasteiger partial charge on any atom is -0.462 e. The van der Waals surface area contributed by atoms with Crippen molar-refractivity contribution < 1.29 is 28.6 Å². The van der Waals surface area contributed by atoms with E-state index in [0.717, 1.165) is 96.3 Å². The fourth-order valence-corrected chi connectivity index (χ4v) is 7.87. The molecule has 0 N–H and O–H groups in total. The maximum absolute atomic E-state index is 12.9. The molecule has 414 valence electrons. The van der Waals surface area contributed by atoms with Crippen molar-refractivity contribution in [3.63, 3.8) is 0 Å². The third-order valence-electron chi connectivity index (χ3n) is 12.4. The zero-order valence-corrected chi connectivity index (χ0v) is 47.4. The van der Waals surface area contributed by atoms with Crippen molar-refractivity contribution in [2.45, 2.75) is 271 Å². The lowest BCUT2D eigenvalue weighted by atomic mass is 10.1. The highest BCUT2D eigenvalue weighted by Crippen LogP contribution is 2.14. The van der Waals surface area contributed by atoms with Crippen molar-refractivity contribution in [2.24, 2.45) is 0 Å². The van der Waals surface area contributed by atoms with E-state index in [-0.39, 0.29) is 37.5 Å². The first kappa shape index (κ1) is 68.8. The first-order chi connectivity index (χ1) is 36.0. The molecule has 0 aromatic heterocycles. The van der Waals surface area contributed by atoms with Crippen LogP contribution in [0.15, 0.2) is 122 Å². The van der Waals surface area contributed by atoms with Gasteiger partial charge in [0, 0.05) is 19.3 Å². The van der Waals surface area contributed by atoms with Gasteiger partial charge in [-0.05, 0) is 128 Å². The number of hydrogen-bond donors (Lipinski definition) is 0. The predicted octanol–water partition coefficient (Wildman–Crippen LogP) is 20.4. The Balaban J connectivity index is 4.55. The molecule has 0 aromatic carbocycles. The Hall–Kier alpha value is -4.19. The highest BCUT2D eigenvalue weighted by atomic mass is 16.6. The standard InChI is InChI=1S/C67H110O6/c1-4-7-10-13-16-19-22-25-28-31-33-36-39-42-45-48-51-54-57-60-66(69)72-63-64(62-71-65(68)59-56-53-50-47-44-41-38-35-30-27-24-21-18-15-12-9-6-3)73-67(70)61-58-55-52-49-46-43-40-37-34-32-29-26-23-20-17-14-11-8-5-2/h16-21,25-30,33,36,38,41-42,45,51,54,64H,4-15,22-24,31-32,34-35,37,39-40,43-44,46-50,52-53,55-63H2,1-3H3/b19-16-,20-17-,21-18-,28-25-,29-26-,30-27-,36-33-,41-38-,45-42-,54-51-/t64-/m0/s1. The lowest BCUT2D eigenvalue weighted by Crippen LogP contribution is -2.30.